The predicted octanol–water partition coefficient (Wildman–Crippen LogP) is 3.13. The number of carbonyl (C=O) groups excluding carboxylic acids is 2. The van der Waals surface area contributed by atoms with Gasteiger partial charge in [0, 0.05) is 11.3 Å². The Morgan fingerprint density at radius 1 is 1.00 bits per heavy atom. The van der Waals surface area contributed by atoms with Gasteiger partial charge < -0.3 is 16.2 Å². The average molecular weight is 385 g/mol. The topological polar surface area (TPSA) is 105 Å². The molecule has 1 aliphatic rings. The molecule has 3 aromatic carbocycles. The molecule has 1 aliphatic heterocycles. The van der Waals surface area contributed by atoms with Crippen LogP contribution in [0.15, 0.2) is 77.8 Å². The van der Waals surface area contributed by atoms with Crippen LogP contribution in [0.1, 0.15) is 33.0 Å². The Kier molecular flexibility index (Phi) is 4.93. The first kappa shape index (κ1) is 18.6. The van der Waals surface area contributed by atoms with Gasteiger partial charge in [0.15, 0.2) is 0 Å². The molecule has 0 saturated carbocycles. The molecule has 0 aliphatic carbocycles. The fourth-order valence-corrected chi connectivity index (χ4v) is 3.46. The summed E-state index contributed by atoms with van der Waals surface area (Å²) < 4.78 is 0. The van der Waals surface area contributed by atoms with Gasteiger partial charge in [-0.05, 0) is 41.0 Å². The molecule has 0 saturated heterocycles. The Morgan fingerprint density at radius 2 is 1.79 bits per heavy atom. The van der Waals surface area contributed by atoms with Crippen LogP contribution in [-0.4, -0.2) is 22.6 Å². The Hall–Kier alpha value is -3.77. The van der Waals surface area contributed by atoms with Crippen molar-refractivity contribution in [1.82, 2.24) is 0 Å². The minimum absolute atomic E-state index is 0.0906. The Labute approximate surface area is 167 Å². The zero-order valence-electron chi connectivity index (χ0n) is 15.5. The second-order valence-corrected chi connectivity index (χ2v) is 6.78. The van der Waals surface area contributed by atoms with Gasteiger partial charge in [0.2, 0.25) is 11.8 Å². The summed E-state index contributed by atoms with van der Waals surface area (Å²) in [7, 11) is 0. The van der Waals surface area contributed by atoms with Crippen molar-refractivity contribution >= 4 is 28.9 Å². The highest BCUT2D eigenvalue weighted by atomic mass is 16.3. The molecule has 1 heterocycles. The van der Waals surface area contributed by atoms with E-state index >= 15 is 0 Å². The van der Waals surface area contributed by atoms with Crippen LogP contribution >= 0.6 is 0 Å². The van der Waals surface area contributed by atoms with E-state index in [4.69, 9.17) is 10.7 Å². The molecule has 6 heteroatoms. The Bertz CT molecular complexity index is 1120. The lowest BCUT2D eigenvalue weighted by atomic mass is 9.90. The SMILES string of the molecule is NC(=O)c1ccc2c(c1)NC(=O)C2C(=Nc1cccc(CO)c1)c1ccccc1. The van der Waals surface area contributed by atoms with Crippen LogP contribution < -0.4 is 11.1 Å². The lowest BCUT2D eigenvalue weighted by Crippen LogP contribution is -2.21. The van der Waals surface area contributed by atoms with Crippen LogP contribution in [0.5, 0.6) is 0 Å². The third-order valence-electron chi connectivity index (χ3n) is 4.85. The smallest absolute Gasteiger partial charge is 0.248 e. The molecule has 0 spiro atoms. The maximum atomic E-state index is 12.9. The average Bonchev–Trinajstić information content (AvgIpc) is 3.07. The number of anilines is 1. The molecule has 4 rings (SSSR count). The quantitative estimate of drug-likeness (QED) is 0.588. The molecular formula is C23H19N3O3. The molecule has 1 unspecified atom stereocenters. The first-order chi connectivity index (χ1) is 14.1. The van der Waals surface area contributed by atoms with Crippen LogP contribution in [0.4, 0.5) is 11.4 Å². The number of amides is 2. The summed E-state index contributed by atoms with van der Waals surface area (Å²) in [4.78, 5) is 29.2. The first-order valence-electron chi connectivity index (χ1n) is 9.15. The summed E-state index contributed by atoms with van der Waals surface area (Å²) >= 11 is 0. The van der Waals surface area contributed by atoms with Gasteiger partial charge in [-0.1, -0.05) is 48.5 Å². The number of aliphatic imine (C=N–C) groups is 1. The van der Waals surface area contributed by atoms with Gasteiger partial charge in [-0.2, -0.15) is 0 Å². The summed E-state index contributed by atoms with van der Waals surface area (Å²) in [6.07, 6.45) is 0. The first-order valence-corrected chi connectivity index (χ1v) is 9.15. The van der Waals surface area contributed by atoms with Crippen molar-refractivity contribution in [2.45, 2.75) is 12.5 Å². The number of nitrogens with two attached hydrogens (primary N) is 1. The number of rotatable bonds is 5. The van der Waals surface area contributed by atoms with Gasteiger partial charge in [0.1, 0.15) is 5.92 Å². The van der Waals surface area contributed by atoms with Gasteiger partial charge in [0.05, 0.1) is 18.0 Å². The zero-order chi connectivity index (χ0) is 20.4. The van der Waals surface area contributed by atoms with Gasteiger partial charge >= 0.3 is 0 Å². The predicted molar refractivity (Wildman–Crippen MR) is 111 cm³/mol. The second kappa shape index (κ2) is 7.69. The fourth-order valence-electron chi connectivity index (χ4n) is 3.46. The highest BCUT2D eigenvalue weighted by Crippen LogP contribution is 2.37. The number of nitrogens with zero attached hydrogens (tertiary/aromatic N) is 1. The maximum Gasteiger partial charge on any atom is 0.248 e. The molecule has 0 fully saturated rings. The maximum absolute atomic E-state index is 12.9. The molecular weight excluding hydrogens is 366 g/mol. The van der Waals surface area contributed by atoms with Crippen molar-refractivity contribution in [3.63, 3.8) is 0 Å². The number of aliphatic hydroxyl groups is 1. The van der Waals surface area contributed by atoms with Crippen molar-refractivity contribution in [2.24, 2.45) is 10.7 Å². The lowest BCUT2D eigenvalue weighted by molar-refractivity contribution is -0.115. The number of hydrogen-bond acceptors (Lipinski definition) is 4. The summed E-state index contributed by atoms with van der Waals surface area (Å²) in [6, 6.07) is 21.6. The van der Waals surface area contributed by atoms with Crippen LogP contribution in [0, 0.1) is 0 Å². The van der Waals surface area contributed by atoms with Crippen molar-refractivity contribution in [2.75, 3.05) is 5.32 Å². The Morgan fingerprint density at radius 3 is 2.52 bits per heavy atom. The number of fused-ring (bicyclic) bond motifs is 1. The third kappa shape index (κ3) is 3.66. The van der Waals surface area contributed by atoms with Crippen molar-refractivity contribution in [3.8, 4) is 0 Å². The third-order valence-corrected chi connectivity index (χ3v) is 4.85. The van der Waals surface area contributed by atoms with Crippen molar-refractivity contribution in [3.05, 3.63) is 95.1 Å². The van der Waals surface area contributed by atoms with Crippen LogP contribution in [0.25, 0.3) is 0 Å². The zero-order valence-corrected chi connectivity index (χ0v) is 15.5. The molecule has 6 nitrogen and oxygen atoms in total. The van der Waals surface area contributed by atoms with E-state index in [1.807, 2.05) is 48.5 Å². The largest absolute Gasteiger partial charge is 0.392 e. The number of nitrogens with one attached hydrogen (secondary N) is 1. The summed E-state index contributed by atoms with van der Waals surface area (Å²) in [6.45, 7) is -0.0906. The minimum Gasteiger partial charge on any atom is -0.392 e. The number of carbonyl (C=O) groups is 2. The van der Waals surface area contributed by atoms with E-state index in [9.17, 15) is 14.7 Å². The molecule has 0 bridgehead atoms. The van der Waals surface area contributed by atoms with Gasteiger partial charge in [-0.3, -0.25) is 14.6 Å². The Balaban J connectivity index is 1.86. The van der Waals surface area contributed by atoms with E-state index in [2.05, 4.69) is 5.32 Å². The second-order valence-electron chi connectivity index (χ2n) is 6.78. The summed E-state index contributed by atoms with van der Waals surface area (Å²) in [5.41, 5.74) is 9.77. The molecule has 1 atom stereocenters. The van der Waals surface area contributed by atoms with E-state index in [1.165, 1.54) is 0 Å². The molecule has 4 N–H and O–H groups in total. The van der Waals surface area contributed by atoms with E-state index in [1.54, 1.807) is 24.3 Å². The molecule has 144 valence electrons. The molecule has 3 aromatic rings. The molecule has 0 aromatic heterocycles. The highest BCUT2D eigenvalue weighted by molar-refractivity contribution is 6.24. The standard InChI is InChI=1S/C23H19N3O3/c24-22(28)16-9-10-18-19(12-16)26-23(29)20(18)21(15-6-2-1-3-7-15)25-17-8-4-5-14(11-17)13-27/h1-12,20,27H,13H2,(H2,24,28)(H,26,29). The van der Waals surface area contributed by atoms with E-state index in [0.717, 1.165) is 16.7 Å². The number of benzene rings is 3. The highest BCUT2D eigenvalue weighted by Gasteiger charge is 2.35. The normalized spacial score (nSPS) is 15.7. The molecule has 29 heavy (non-hydrogen) atoms. The van der Waals surface area contributed by atoms with Gasteiger partial charge in [-0.25, -0.2) is 0 Å². The van der Waals surface area contributed by atoms with Crippen LogP contribution in [0.3, 0.4) is 0 Å². The van der Waals surface area contributed by atoms with E-state index < -0.39 is 11.8 Å². The summed E-state index contributed by atoms with van der Waals surface area (Å²) in [5, 5.41) is 12.3. The fraction of sp³-hybridized carbons (Fsp3) is 0.0870. The van der Waals surface area contributed by atoms with Gasteiger partial charge in [-0.15, -0.1) is 0 Å². The minimum atomic E-state index is -0.632. The van der Waals surface area contributed by atoms with Crippen molar-refractivity contribution < 1.29 is 14.7 Å². The number of hydrogen-bond donors (Lipinski definition) is 3. The monoisotopic (exact) mass is 385 g/mol. The van der Waals surface area contributed by atoms with Crippen LogP contribution in [0.2, 0.25) is 0 Å². The van der Waals surface area contributed by atoms with E-state index in [-0.39, 0.29) is 12.5 Å². The van der Waals surface area contributed by atoms with Crippen molar-refractivity contribution in [1.29, 1.82) is 0 Å². The number of primary amides is 1. The molecule has 0 radical (unpaired) electrons. The lowest BCUT2D eigenvalue weighted by Gasteiger charge is -2.14. The molecule has 2 amide bonds. The van der Waals surface area contributed by atoms with Gasteiger partial charge in [0.25, 0.3) is 0 Å². The summed E-state index contributed by atoms with van der Waals surface area (Å²) in [5.74, 6) is -1.40. The number of aliphatic hydroxyl groups excluding tert-OH is 1. The van der Waals surface area contributed by atoms with Crippen LogP contribution in [-0.2, 0) is 11.4 Å². The van der Waals surface area contributed by atoms with E-state index in [0.29, 0.717) is 22.6 Å².